The number of hydrogen-bond donors (Lipinski definition) is 0. The van der Waals surface area contributed by atoms with Crippen LogP contribution in [-0.4, -0.2) is 57.0 Å². The Balaban J connectivity index is 2.44. The Morgan fingerprint density at radius 2 is 1.14 bits per heavy atom. The van der Waals surface area contributed by atoms with Crippen LogP contribution < -0.4 is 0 Å². The monoisotopic (exact) mass is 572 g/mol. The topological polar surface area (TPSA) is 43.4 Å². The molecule has 2 aromatic carbocycles. The van der Waals surface area contributed by atoms with Crippen molar-refractivity contribution < 1.29 is 74.1 Å². The van der Waals surface area contributed by atoms with Crippen LogP contribution in [0.2, 0.25) is 0 Å². The van der Waals surface area contributed by atoms with Gasteiger partial charge in [0.1, 0.15) is 11.5 Å². The van der Waals surface area contributed by atoms with E-state index >= 15 is 0 Å². The molecule has 0 aliphatic rings. The summed E-state index contributed by atoms with van der Waals surface area (Å²) in [4.78, 5) is -0.986. The Hall–Kier alpha value is -2.37. The summed E-state index contributed by atoms with van der Waals surface area (Å²) in [7, 11) is -5.54. The predicted molar refractivity (Wildman–Crippen MR) is 92.8 cm³/mol. The van der Waals surface area contributed by atoms with Gasteiger partial charge < -0.3 is 0 Å². The van der Waals surface area contributed by atoms with Gasteiger partial charge in [-0.1, -0.05) is 36.4 Å². The summed E-state index contributed by atoms with van der Waals surface area (Å²) in [5.74, 6) is -46.2. The molecular formula is C18H10F14O3S. The minimum Gasteiger partial charge on any atom is -0.260 e. The molecule has 0 unspecified atom stereocenters. The van der Waals surface area contributed by atoms with Crippen LogP contribution in [0.15, 0.2) is 47.4 Å². The maximum atomic E-state index is 13.9. The van der Waals surface area contributed by atoms with Gasteiger partial charge in [-0.2, -0.15) is 61.1 Å². The molecule has 0 aliphatic heterocycles. The summed E-state index contributed by atoms with van der Waals surface area (Å²) in [6, 6.07) is 7.93. The van der Waals surface area contributed by atoms with E-state index in [1.807, 2.05) is 0 Å². The Labute approximate surface area is 191 Å². The highest BCUT2D eigenvalue weighted by molar-refractivity contribution is 7.87. The number of halogens is 14. The maximum absolute atomic E-state index is 13.9. The van der Waals surface area contributed by atoms with Crippen LogP contribution in [0.3, 0.4) is 0 Å². The van der Waals surface area contributed by atoms with Crippen molar-refractivity contribution in [1.29, 1.82) is 0 Å². The molecule has 0 radical (unpaired) electrons. The standard InChI is InChI=1S/C18H10F14O3S/c19-12(20)14(23,24)16(27,28)18(31,32)17(29,30)15(25,26)13(21,22)8-35-36(33,34)11-7-3-5-9-4-1-2-6-10(9)11/h1-7,12H,8H2. The van der Waals surface area contributed by atoms with Crippen LogP contribution in [0.1, 0.15) is 0 Å². The van der Waals surface area contributed by atoms with Gasteiger partial charge in [0.25, 0.3) is 10.1 Å². The quantitative estimate of drug-likeness (QED) is 0.238. The molecule has 0 amide bonds. The van der Waals surface area contributed by atoms with E-state index in [1.54, 1.807) is 0 Å². The second-order valence-electron chi connectivity index (χ2n) is 7.12. The van der Waals surface area contributed by atoms with Gasteiger partial charge in [0.05, 0.1) is 0 Å². The molecular weight excluding hydrogens is 562 g/mol. The summed E-state index contributed by atoms with van der Waals surface area (Å²) < 4.78 is 214. The first-order chi connectivity index (χ1) is 16.0. The molecule has 0 heterocycles. The summed E-state index contributed by atoms with van der Waals surface area (Å²) >= 11 is 0. The number of benzene rings is 2. The SMILES string of the molecule is O=S(=O)(OCC(F)(F)C(F)(F)C(F)(F)C(F)(F)C(F)(F)C(F)(F)C(F)F)c1cccc2ccccc12. The van der Waals surface area contributed by atoms with Crippen molar-refractivity contribution in [3.05, 3.63) is 42.5 Å². The van der Waals surface area contributed by atoms with Gasteiger partial charge >= 0.3 is 42.0 Å². The normalized spacial score (nSPS) is 15.1. The third-order valence-electron chi connectivity index (χ3n) is 4.75. The van der Waals surface area contributed by atoms with E-state index in [0.29, 0.717) is 6.07 Å². The third kappa shape index (κ3) is 4.35. The molecule has 0 saturated carbocycles. The first-order valence-corrected chi connectivity index (χ1v) is 10.3. The van der Waals surface area contributed by atoms with Gasteiger partial charge in [0.15, 0.2) is 0 Å². The maximum Gasteiger partial charge on any atom is 0.384 e. The molecule has 0 bridgehead atoms. The van der Waals surface area contributed by atoms with E-state index < -0.39 is 63.6 Å². The Morgan fingerprint density at radius 3 is 1.67 bits per heavy atom. The van der Waals surface area contributed by atoms with Gasteiger partial charge in [-0.25, -0.2) is 8.78 Å². The minimum atomic E-state index is -8.21. The van der Waals surface area contributed by atoms with Crippen molar-refractivity contribution in [3.8, 4) is 0 Å². The Kier molecular flexibility index (Phi) is 7.37. The molecule has 204 valence electrons. The van der Waals surface area contributed by atoms with Crippen molar-refractivity contribution in [3.63, 3.8) is 0 Å². The molecule has 36 heavy (non-hydrogen) atoms. The lowest BCUT2D eigenvalue weighted by atomic mass is 9.91. The summed E-state index contributed by atoms with van der Waals surface area (Å²) in [5.41, 5.74) is 0. The van der Waals surface area contributed by atoms with Crippen LogP contribution in [0, 0.1) is 0 Å². The van der Waals surface area contributed by atoms with Crippen molar-refractivity contribution in [2.24, 2.45) is 0 Å². The highest BCUT2D eigenvalue weighted by Crippen LogP contribution is 2.60. The van der Waals surface area contributed by atoms with Gasteiger partial charge in [-0.15, -0.1) is 0 Å². The minimum absolute atomic E-state index is 0.118. The van der Waals surface area contributed by atoms with Crippen molar-refractivity contribution in [2.45, 2.75) is 46.9 Å². The fourth-order valence-electron chi connectivity index (χ4n) is 2.69. The lowest BCUT2D eigenvalue weighted by Crippen LogP contribution is -2.72. The molecule has 0 aromatic heterocycles. The average molecular weight is 572 g/mol. The van der Waals surface area contributed by atoms with Gasteiger partial charge in [0, 0.05) is 5.39 Å². The average Bonchev–Trinajstić information content (AvgIpc) is 2.76. The first kappa shape index (κ1) is 29.9. The highest BCUT2D eigenvalue weighted by Gasteiger charge is 2.91. The molecule has 0 N–H and O–H groups in total. The van der Waals surface area contributed by atoms with Crippen molar-refractivity contribution in [2.75, 3.05) is 6.61 Å². The van der Waals surface area contributed by atoms with E-state index in [4.69, 9.17) is 0 Å². The molecule has 0 spiro atoms. The van der Waals surface area contributed by atoms with E-state index in [9.17, 15) is 69.9 Å². The fraction of sp³-hybridized carbons (Fsp3) is 0.444. The van der Waals surface area contributed by atoms with Gasteiger partial charge in [0.2, 0.25) is 0 Å². The largest absolute Gasteiger partial charge is 0.384 e. The van der Waals surface area contributed by atoms with Gasteiger partial charge in [-0.05, 0) is 11.5 Å². The van der Waals surface area contributed by atoms with Crippen LogP contribution in [-0.2, 0) is 14.3 Å². The zero-order valence-electron chi connectivity index (χ0n) is 16.8. The first-order valence-electron chi connectivity index (χ1n) is 8.91. The molecule has 0 fully saturated rings. The smallest absolute Gasteiger partial charge is 0.260 e. The molecule has 0 saturated heterocycles. The zero-order valence-corrected chi connectivity index (χ0v) is 17.6. The Bertz CT molecular complexity index is 1210. The summed E-state index contributed by atoms with van der Waals surface area (Å²) in [5, 5.41) is -0.145. The number of rotatable bonds is 10. The van der Waals surface area contributed by atoms with Gasteiger partial charge in [-0.3, -0.25) is 4.18 Å². The van der Waals surface area contributed by atoms with E-state index in [2.05, 4.69) is 4.18 Å². The summed E-state index contributed by atoms with van der Waals surface area (Å²) in [6.07, 6.45) is -5.81. The number of fused-ring (bicyclic) bond motifs is 1. The highest BCUT2D eigenvalue weighted by atomic mass is 32.2. The molecule has 2 rings (SSSR count). The van der Waals surface area contributed by atoms with Crippen molar-refractivity contribution in [1.82, 2.24) is 0 Å². The molecule has 18 heteroatoms. The number of alkyl halides is 14. The van der Waals surface area contributed by atoms with Crippen LogP contribution in [0.25, 0.3) is 10.8 Å². The zero-order chi connectivity index (χ0) is 28.2. The predicted octanol–water partition coefficient (Wildman–Crippen LogP) is 6.62. The molecule has 0 atom stereocenters. The fourth-order valence-corrected chi connectivity index (χ4v) is 3.82. The van der Waals surface area contributed by atoms with Crippen LogP contribution >= 0.6 is 0 Å². The Morgan fingerprint density at radius 1 is 0.667 bits per heavy atom. The molecule has 0 aliphatic carbocycles. The second-order valence-corrected chi connectivity index (χ2v) is 8.70. The van der Waals surface area contributed by atoms with Crippen LogP contribution in [0.5, 0.6) is 0 Å². The molecule has 3 nitrogen and oxygen atoms in total. The molecule has 2 aromatic rings. The van der Waals surface area contributed by atoms with E-state index in [1.165, 1.54) is 24.3 Å². The lowest BCUT2D eigenvalue weighted by Gasteiger charge is -2.40. The van der Waals surface area contributed by atoms with E-state index in [0.717, 1.165) is 12.1 Å². The van der Waals surface area contributed by atoms with E-state index in [-0.39, 0.29) is 10.8 Å². The third-order valence-corrected chi connectivity index (χ3v) is 6.07. The summed E-state index contributed by atoms with van der Waals surface area (Å²) in [6.45, 7) is -3.37. The lowest BCUT2D eigenvalue weighted by molar-refractivity contribution is -0.433. The van der Waals surface area contributed by atoms with Crippen molar-refractivity contribution >= 4 is 20.9 Å². The number of hydrogen-bond acceptors (Lipinski definition) is 3. The second kappa shape index (κ2) is 8.88. The van der Waals surface area contributed by atoms with Crippen LogP contribution in [0.4, 0.5) is 61.5 Å².